The number of phenolic OH excluding ortho intramolecular Hbond substituents is 3. The van der Waals surface area contributed by atoms with E-state index in [-0.39, 0.29) is 33.3 Å². The number of non-ortho nitro benzene ring substituents is 1. The predicted octanol–water partition coefficient (Wildman–Crippen LogP) is 6.80. The molecule has 40 heavy (non-hydrogen) atoms. The molecule has 16 nitrogen and oxygen atoms in total. The van der Waals surface area contributed by atoms with Crippen LogP contribution in [0.2, 0.25) is 0 Å². The predicted molar refractivity (Wildman–Crippen MR) is 140 cm³/mol. The molecule has 0 aliphatic heterocycles. The Labute approximate surface area is 235 Å². The van der Waals surface area contributed by atoms with Gasteiger partial charge in [0.15, 0.2) is 0 Å². The zero-order valence-electron chi connectivity index (χ0n) is 19.6. The fraction of sp³-hybridized carbons (Fsp3) is 0. The number of fused-ring (bicyclic) bond motifs is 1. The van der Waals surface area contributed by atoms with Crippen LogP contribution in [0.4, 0.5) is 34.1 Å². The standard InChI is InChI=1S/C22H17N6O10S.Fe/c29-20-10-21(30)17(25-26-18-7-12(27(32)33)8-19(22(18)31)28(34)35)9-16(20)24-23-15-3-1-2-11-6-13(39(36,37)38)4-5-14(11)15;/h1-10H,(H7-,23,24,25,26,29,30,31,36,37,38);/q-1;. The fourth-order valence-electron chi connectivity index (χ4n) is 3.39. The fourth-order valence-corrected chi connectivity index (χ4v) is 3.92. The van der Waals surface area contributed by atoms with Crippen molar-refractivity contribution < 1.29 is 55.9 Å². The first-order valence-corrected chi connectivity index (χ1v) is 12.0. The Kier molecular flexibility index (Phi) is 8.64. The SMILES string of the molecule is O=[N+]([O-])c1cc(N[N-]c2cc(N=Nc3cccc4cc(S(O)(O)O)ccc34)c(O)cc2O)c(O)c([N+](=O)[O-])c1.[Fe]. The number of aromatic hydroxyl groups is 3. The van der Waals surface area contributed by atoms with Crippen LogP contribution in [0, 0.1) is 20.2 Å². The molecular formula is C22H17FeN6O10S-. The molecule has 0 saturated heterocycles. The van der Waals surface area contributed by atoms with Crippen molar-refractivity contribution in [1.82, 2.24) is 0 Å². The van der Waals surface area contributed by atoms with Crippen LogP contribution in [0.3, 0.4) is 0 Å². The number of nitro groups is 2. The summed E-state index contributed by atoms with van der Waals surface area (Å²) >= 11 is 0. The molecular weight excluding hydrogens is 596 g/mol. The van der Waals surface area contributed by atoms with Gasteiger partial charge in [-0.15, -0.1) is 10.2 Å². The van der Waals surface area contributed by atoms with Gasteiger partial charge in [-0.3, -0.25) is 20.2 Å². The molecule has 4 rings (SSSR count). The van der Waals surface area contributed by atoms with Gasteiger partial charge in [0.25, 0.3) is 5.69 Å². The minimum atomic E-state index is -3.93. The van der Waals surface area contributed by atoms with Crippen LogP contribution in [0.5, 0.6) is 17.2 Å². The van der Waals surface area contributed by atoms with E-state index in [2.05, 4.69) is 21.1 Å². The van der Waals surface area contributed by atoms with Gasteiger partial charge in [-0.05, 0) is 29.7 Å². The van der Waals surface area contributed by atoms with Crippen molar-refractivity contribution in [1.29, 1.82) is 0 Å². The van der Waals surface area contributed by atoms with E-state index in [9.17, 15) is 49.2 Å². The Morgan fingerprint density at radius 1 is 0.825 bits per heavy atom. The van der Waals surface area contributed by atoms with E-state index in [1.165, 1.54) is 18.2 Å². The summed E-state index contributed by atoms with van der Waals surface area (Å²) in [6.07, 6.45) is 0. The minimum Gasteiger partial charge on any atom is -0.594 e. The van der Waals surface area contributed by atoms with Crippen molar-refractivity contribution in [3.05, 3.63) is 86.3 Å². The van der Waals surface area contributed by atoms with Crippen molar-refractivity contribution in [2.45, 2.75) is 4.90 Å². The van der Waals surface area contributed by atoms with Gasteiger partial charge in [-0.1, -0.05) is 23.9 Å². The Bertz CT molecular complexity index is 1660. The molecule has 0 aliphatic rings. The smallest absolute Gasteiger partial charge is 0.319 e. The molecule has 0 bridgehead atoms. The maximum Gasteiger partial charge on any atom is 0.319 e. The van der Waals surface area contributed by atoms with Gasteiger partial charge in [0.2, 0.25) is 5.75 Å². The molecule has 0 heterocycles. The van der Waals surface area contributed by atoms with Gasteiger partial charge in [0.05, 0.1) is 32.2 Å². The molecule has 4 aromatic carbocycles. The molecule has 0 amide bonds. The van der Waals surface area contributed by atoms with E-state index in [1.807, 2.05) is 0 Å². The second kappa shape index (κ2) is 11.6. The van der Waals surface area contributed by atoms with Gasteiger partial charge in [0.1, 0.15) is 28.1 Å². The molecule has 0 aliphatic carbocycles. The summed E-state index contributed by atoms with van der Waals surface area (Å²) in [4.78, 5) is 20.2. The van der Waals surface area contributed by atoms with Crippen molar-refractivity contribution in [2.75, 3.05) is 5.43 Å². The molecule has 0 unspecified atom stereocenters. The number of nitrogens with one attached hydrogen (secondary N) is 1. The molecule has 18 heteroatoms. The Hall–Kier alpha value is -4.71. The van der Waals surface area contributed by atoms with Crippen LogP contribution < -0.4 is 5.43 Å². The summed E-state index contributed by atoms with van der Waals surface area (Å²) in [5, 5.41) is 61.8. The van der Waals surface area contributed by atoms with Crippen LogP contribution in [0.1, 0.15) is 0 Å². The van der Waals surface area contributed by atoms with E-state index in [0.717, 1.165) is 18.2 Å². The Morgan fingerprint density at radius 3 is 2.17 bits per heavy atom. The zero-order valence-corrected chi connectivity index (χ0v) is 21.5. The van der Waals surface area contributed by atoms with Crippen LogP contribution in [-0.4, -0.2) is 38.8 Å². The van der Waals surface area contributed by atoms with Crippen LogP contribution >= 0.6 is 10.9 Å². The maximum absolute atomic E-state index is 11.1. The number of azo groups is 1. The minimum absolute atomic E-state index is 0. The molecule has 0 radical (unpaired) electrons. The quantitative estimate of drug-likeness (QED) is 0.0357. The van der Waals surface area contributed by atoms with E-state index < -0.39 is 55.0 Å². The third kappa shape index (κ3) is 6.29. The summed E-state index contributed by atoms with van der Waals surface area (Å²) in [5.41, 5.74) is 3.70. The molecule has 210 valence electrons. The number of nitrogens with zero attached hydrogens (tertiary/aromatic N) is 5. The normalized spacial score (nSPS) is 11.7. The van der Waals surface area contributed by atoms with Gasteiger partial charge in [0, 0.05) is 34.6 Å². The van der Waals surface area contributed by atoms with E-state index in [1.54, 1.807) is 18.2 Å². The summed E-state index contributed by atoms with van der Waals surface area (Å²) in [6.45, 7) is 0. The average Bonchev–Trinajstić information content (AvgIpc) is 2.87. The first kappa shape index (κ1) is 29.8. The average molecular weight is 613 g/mol. The zero-order chi connectivity index (χ0) is 28.5. The molecule has 0 saturated carbocycles. The van der Waals surface area contributed by atoms with Crippen LogP contribution in [0.15, 0.2) is 75.8 Å². The van der Waals surface area contributed by atoms with E-state index in [0.29, 0.717) is 22.5 Å². The largest absolute Gasteiger partial charge is 0.594 e. The van der Waals surface area contributed by atoms with Gasteiger partial charge in [-0.25, -0.2) is 0 Å². The summed E-state index contributed by atoms with van der Waals surface area (Å²) in [6, 6.07) is 12.3. The number of phenols is 3. The van der Waals surface area contributed by atoms with Crippen molar-refractivity contribution in [3.63, 3.8) is 0 Å². The summed E-state index contributed by atoms with van der Waals surface area (Å²) < 4.78 is 28.4. The maximum atomic E-state index is 11.1. The molecule has 0 fully saturated rings. The third-order valence-corrected chi connectivity index (χ3v) is 6.15. The van der Waals surface area contributed by atoms with Crippen molar-refractivity contribution in [2.24, 2.45) is 10.2 Å². The number of anilines is 1. The Balaban J connectivity index is 0.00000441. The van der Waals surface area contributed by atoms with Crippen molar-refractivity contribution >= 4 is 55.8 Å². The number of hydrogen-bond acceptors (Lipinski definition) is 13. The van der Waals surface area contributed by atoms with Gasteiger partial charge < -0.3 is 39.8 Å². The summed E-state index contributed by atoms with van der Waals surface area (Å²) in [5.74, 6) is -2.01. The molecule has 4 aromatic rings. The topological polar surface area (TPSA) is 259 Å². The van der Waals surface area contributed by atoms with Crippen LogP contribution in [0.25, 0.3) is 16.2 Å². The molecule has 7 N–H and O–H groups in total. The molecule has 0 spiro atoms. The Morgan fingerprint density at radius 2 is 1.52 bits per heavy atom. The van der Waals surface area contributed by atoms with E-state index in [4.69, 9.17) is 0 Å². The second-order valence-corrected chi connectivity index (χ2v) is 9.32. The first-order chi connectivity index (χ1) is 18.3. The number of hydrogen-bond donors (Lipinski definition) is 7. The van der Waals surface area contributed by atoms with E-state index >= 15 is 0 Å². The number of benzene rings is 4. The van der Waals surface area contributed by atoms with Gasteiger partial charge >= 0.3 is 5.69 Å². The summed E-state index contributed by atoms with van der Waals surface area (Å²) in [7, 11) is -3.93. The third-order valence-electron chi connectivity index (χ3n) is 5.26. The first-order valence-electron chi connectivity index (χ1n) is 10.5. The molecule has 0 atom stereocenters. The van der Waals surface area contributed by atoms with Crippen molar-refractivity contribution in [3.8, 4) is 17.2 Å². The van der Waals surface area contributed by atoms with Gasteiger partial charge in [-0.2, -0.15) is 0 Å². The molecule has 0 aromatic heterocycles. The van der Waals surface area contributed by atoms with Crippen LogP contribution in [-0.2, 0) is 17.1 Å². The monoisotopic (exact) mass is 613 g/mol. The number of nitro benzene ring substituents is 2. The number of rotatable bonds is 8. The second-order valence-electron chi connectivity index (χ2n) is 7.81.